The highest BCUT2D eigenvalue weighted by Gasteiger charge is 2.17. The molecule has 2 unspecified atom stereocenters. The minimum Gasteiger partial charge on any atom is -0.380 e. The summed E-state index contributed by atoms with van der Waals surface area (Å²) in [7, 11) is 1.78. The maximum absolute atomic E-state index is 5.44. The molecule has 0 fully saturated rings. The minimum atomic E-state index is 0.231. The van der Waals surface area contributed by atoms with Gasteiger partial charge in [0.25, 0.3) is 0 Å². The molecular formula is C15H25NO. The van der Waals surface area contributed by atoms with Gasteiger partial charge in [-0.2, -0.15) is 0 Å². The predicted molar refractivity (Wildman–Crippen MR) is 73.6 cm³/mol. The lowest BCUT2D eigenvalue weighted by Crippen LogP contribution is -2.41. The molecule has 0 saturated carbocycles. The maximum Gasteiger partial charge on any atom is 0.0699 e. The Morgan fingerprint density at radius 2 is 2.00 bits per heavy atom. The fraction of sp³-hybridized carbons (Fsp3) is 0.600. The highest BCUT2D eigenvalue weighted by atomic mass is 16.5. The number of ether oxygens (including phenoxy) is 1. The SMILES string of the molecule is CCNC(Cc1cc(C)ccc1C)C(C)OC. The zero-order valence-corrected chi connectivity index (χ0v) is 11.7. The number of aryl methyl sites for hydroxylation is 2. The van der Waals surface area contributed by atoms with Crippen LogP contribution in [-0.2, 0) is 11.2 Å². The van der Waals surface area contributed by atoms with E-state index in [2.05, 4.69) is 51.2 Å². The summed E-state index contributed by atoms with van der Waals surface area (Å²) in [6.45, 7) is 9.56. The van der Waals surface area contributed by atoms with E-state index in [1.54, 1.807) is 7.11 Å². The molecule has 0 saturated heterocycles. The fourth-order valence-corrected chi connectivity index (χ4v) is 2.09. The molecule has 0 spiro atoms. The summed E-state index contributed by atoms with van der Waals surface area (Å²) in [5, 5.41) is 3.50. The molecule has 0 radical (unpaired) electrons. The van der Waals surface area contributed by atoms with Crippen molar-refractivity contribution >= 4 is 0 Å². The van der Waals surface area contributed by atoms with Crippen molar-refractivity contribution < 1.29 is 4.74 Å². The average molecular weight is 235 g/mol. The van der Waals surface area contributed by atoms with Gasteiger partial charge >= 0.3 is 0 Å². The van der Waals surface area contributed by atoms with E-state index >= 15 is 0 Å². The largest absolute Gasteiger partial charge is 0.380 e. The highest BCUT2D eigenvalue weighted by Crippen LogP contribution is 2.15. The van der Waals surface area contributed by atoms with E-state index < -0.39 is 0 Å². The van der Waals surface area contributed by atoms with E-state index in [4.69, 9.17) is 4.74 Å². The number of hydrogen-bond donors (Lipinski definition) is 1. The summed E-state index contributed by atoms with van der Waals surface area (Å²) in [4.78, 5) is 0. The Balaban J connectivity index is 2.81. The Hall–Kier alpha value is -0.860. The van der Waals surface area contributed by atoms with E-state index in [-0.39, 0.29) is 6.10 Å². The zero-order chi connectivity index (χ0) is 12.8. The molecule has 96 valence electrons. The van der Waals surface area contributed by atoms with Crippen LogP contribution in [0.15, 0.2) is 18.2 Å². The Morgan fingerprint density at radius 3 is 2.59 bits per heavy atom. The summed E-state index contributed by atoms with van der Waals surface area (Å²) in [5.41, 5.74) is 4.10. The lowest BCUT2D eigenvalue weighted by molar-refractivity contribution is 0.0836. The van der Waals surface area contributed by atoms with Crippen LogP contribution in [0.5, 0.6) is 0 Å². The van der Waals surface area contributed by atoms with Crippen molar-refractivity contribution in [3.63, 3.8) is 0 Å². The van der Waals surface area contributed by atoms with Crippen molar-refractivity contribution in [2.24, 2.45) is 0 Å². The smallest absolute Gasteiger partial charge is 0.0699 e. The first kappa shape index (κ1) is 14.2. The number of hydrogen-bond acceptors (Lipinski definition) is 2. The minimum absolute atomic E-state index is 0.231. The van der Waals surface area contributed by atoms with Gasteiger partial charge in [0.1, 0.15) is 0 Å². The molecular weight excluding hydrogens is 210 g/mol. The van der Waals surface area contributed by atoms with Crippen molar-refractivity contribution in [2.45, 2.75) is 46.3 Å². The normalized spacial score (nSPS) is 14.6. The van der Waals surface area contributed by atoms with Gasteiger partial charge in [-0.1, -0.05) is 30.7 Å². The van der Waals surface area contributed by atoms with E-state index in [0.29, 0.717) is 6.04 Å². The third-order valence-electron chi connectivity index (χ3n) is 3.35. The van der Waals surface area contributed by atoms with Gasteiger partial charge in [0.15, 0.2) is 0 Å². The molecule has 2 atom stereocenters. The number of likely N-dealkylation sites (N-methyl/N-ethyl adjacent to an activating group) is 1. The molecule has 1 rings (SSSR count). The van der Waals surface area contributed by atoms with Crippen LogP contribution in [0.1, 0.15) is 30.5 Å². The van der Waals surface area contributed by atoms with Gasteiger partial charge < -0.3 is 10.1 Å². The van der Waals surface area contributed by atoms with Crippen LogP contribution >= 0.6 is 0 Å². The van der Waals surface area contributed by atoms with Gasteiger partial charge in [-0.05, 0) is 44.9 Å². The topological polar surface area (TPSA) is 21.3 Å². The molecule has 2 heteroatoms. The first-order valence-corrected chi connectivity index (χ1v) is 6.40. The third-order valence-corrected chi connectivity index (χ3v) is 3.35. The van der Waals surface area contributed by atoms with Gasteiger partial charge in [0.05, 0.1) is 6.10 Å². The number of methoxy groups -OCH3 is 1. The quantitative estimate of drug-likeness (QED) is 0.818. The second kappa shape index (κ2) is 6.77. The second-order valence-corrected chi connectivity index (χ2v) is 4.74. The van der Waals surface area contributed by atoms with Crippen LogP contribution in [0.4, 0.5) is 0 Å². The maximum atomic E-state index is 5.44. The standard InChI is InChI=1S/C15H25NO/c1-6-16-15(13(4)17-5)10-14-9-11(2)7-8-12(14)3/h7-9,13,15-16H,6,10H2,1-5H3. The molecule has 0 aromatic heterocycles. The predicted octanol–water partition coefficient (Wildman–Crippen LogP) is 2.86. The lowest BCUT2D eigenvalue weighted by atomic mass is 9.96. The van der Waals surface area contributed by atoms with Crippen molar-refractivity contribution in [3.05, 3.63) is 34.9 Å². The van der Waals surface area contributed by atoms with Crippen molar-refractivity contribution in [1.29, 1.82) is 0 Å². The van der Waals surface area contributed by atoms with Crippen molar-refractivity contribution in [1.82, 2.24) is 5.32 Å². The van der Waals surface area contributed by atoms with Crippen LogP contribution in [0.3, 0.4) is 0 Å². The van der Waals surface area contributed by atoms with Crippen LogP contribution in [0.25, 0.3) is 0 Å². The summed E-state index contributed by atoms with van der Waals surface area (Å²) in [6, 6.07) is 7.03. The zero-order valence-electron chi connectivity index (χ0n) is 11.7. The third kappa shape index (κ3) is 4.14. The molecule has 1 N–H and O–H groups in total. The van der Waals surface area contributed by atoms with Crippen molar-refractivity contribution in [3.8, 4) is 0 Å². The van der Waals surface area contributed by atoms with Crippen LogP contribution < -0.4 is 5.32 Å². The van der Waals surface area contributed by atoms with E-state index in [0.717, 1.165) is 13.0 Å². The fourth-order valence-electron chi connectivity index (χ4n) is 2.09. The molecule has 17 heavy (non-hydrogen) atoms. The Morgan fingerprint density at radius 1 is 1.29 bits per heavy atom. The van der Waals surface area contributed by atoms with E-state index in [1.807, 2.05) is 0 Å². The number of nitrogens with one attached hydrogen (secondary N) is 1. The summed E-state index contributed by atoms with van der Waals surface area (Å²) in [6.07, 6.45) is 1.26. The Labute approximate surface area is 105 Å². The van der Waals surface area contributed by atoms with Crippen LogP contribution in [-0.4, -0.2) is 25.8 Å². The van der Waals surface area contributed by atoms with Crippen LogP contribution in [0, 0.1) is 13.8 Å². The average Bonchev–Trinajstić information content (AvgIpc) is 2.32. The van der Waals surface area contributed by atoms with Crippen molar-refractivity contribution in [2.75, 3.05) is 13.7 Å². The monoisotopic (exact) mass is 235 g/mol. The molecule has 1 aromatic rings. The van der Waals surface area contributed by atoms with E-state index in [9.17, 15) is 0 Å². The first-order valence-electron chi connectivity index (χ1n) is 6.40. The Bertz CT molecular complexity index is 349. The van der Waals surface area contributed by atoms with Crippen LogP contribution in [0.2, 0.25) is 0 Å². The molecule has 0 aliphatic rings. The molecule has 0 amide bonds. The molecule has 0 aliphatic heterocycles. The van der Waals surface area contributed by atoms with Gasteiger partial charge in [-0.15, -0.1) is 0 Å². The molecule has 1 aromatic carbocycles. The van der Waals surface area contributed by atoms with Gasteiger partial charge in [0, 0.05) is 13.2 Å². The first-order chi connectivity index (χ1) is 8.08. The summed E-state index contributed by atoms with van der Waals surface area (Å²) in [5.74, 6) is 0. The summed E-state index contributed by atoms with van der Waals surface area (Å²) >= 11 is 0. The van der Waals surface area contributed by atoms with Gasteiger partial charge in [-0.3, -0.25) is 0 Å². The number of rotatable bonds is 6. The summed E-state index contributed by atoms with van der Waals surface area (Å²) < 4.78 is 5.44. The highest BCUT2D eigenvalue weighted by molar-refractivity contribution is 5.31. The Kier molecular flexibility index (Phi) is 5.66. The van der Waals surface area contributed by atoms with E-state index in [1.165, 1.54) is 16.7 Å². The second-order valence-electron chi connectivity index (χ2n) is 4.74. The lowest BCUT2D eigenvalue weighted by Gasteiger charge is -2.24. The molecule has 0 bridgehead atoms. The van der Waals surface area contributed by atoms with Gasteiger partial charge in [-0.25, -0.2) is 0 Å². The molecule has 0 heterocycles. The molecule has 0 aliphatic carbocycles. The molecule has 2 nitrogen and oxygen atoms in total. The van der Waals surface area contributed by atoms with Gasteiger partial charge in [0.2, 0.25) is 0 Å². The number of benzene rings is 1.